The van der Waals surface area contributed by atoms with Crippen LogP contribution in [0.15, 0.2) is 4.99 Å². The highest BCUT2D eigenvalue weighted by Gasteiger charge is 2.01. The van der Waals surface area contributed by atoms with Crippen molar-refractivity contribution in [2.45, 2.75) is 32.6 Å². The van der Waals surface area contributed by atoms with Crippen LogP contribution in [0.25, 0.3) is 0 Å². The Morgan fingerprint density at radius 1 is 1.31 bits per heavy atom. The van der Waals surface area contributed by atoms with Crippen LogP contribution < -0.4 is 11.1 Å². The first-order chi connectivity index (χ1) is 7.57. The quantitative estimate of drug-likeness (QED) is 0.380. The van der Waals surface area contributed by atoms with Gasteiger partial charge >= 0.3 is 0 Å². The first kappa shape index (κ1) is 14.7. The van der Waals surface area contributed by atoms with Gasteiger partial charge in [-0.25, -0.2) is 4.99 Å². The number of guanidine groups is 1. The smallest absolute Gasteiger partial charge is 0.243 e. The fraction of sp³-hybridized carbons (Fsp3) is 0.818. The molecule has 0 aliphatic rings. The fourth-order valence-corrected chi connectivity index (χ4v) is 1.12. The molecule has 5 nitrogen and oxygen atoms in total. The minimum atomic E-state index is -0.0456. The van der Waals surface area contributed by atoms with Crippen LogP contribution in [0.5, 0.6) is 0 Å². The first-order valence-electron chi connectivity index (χ1n) is 5.81. The van der Waals surface area contributed by atoms with Gasteiger partial charge in [-0.1, -0.05) is 26.2 Å². The number of nitrogens with one attached hydrogen (secondary N) is 1. The molecule has 1 amide bonds. The molecule has 5 heteroatoms. The molecule has 0 atom stereocenters. The summed E-state index contributed by atoms with van der Waals surface area (Å²) < 4.78 is 0. The van der Waals surface area contributed by atoms with Gasteiger partial charge in [0.05, 0.1) is 0 Å². The number of carbonyl (C=O) groups excluding carboxylic acids is 1. The Labute approximate surface area is 98.1 Å². The number of amides is 1. The zero-order valence-corrected chi connectivity index (χ0v) is 10.6. The van der Waals surface area contributed by atoms with Crippen molar-refractivity contribution in [3.63, 3.8) is 0 Å². The largest absolute Gasteiger partial charge is 0.370 e. The van der Waals surface area contributed by atoms with E-state index in [0.717, 1.165) is 13.0 Å². The first-order valence-corrected chi connectivity index (χ1v) is 5.81. The third kappa shape index (κ3) is 8.08. The van der Waals surface area contributed by atoms with Gasteiger partial charge in [0.1, 0.15) is 6.54 Å². The van der Waals surface area contributed by atoms with Crippen LogP contribution in [-0.4, -0.2) is 44.0 Å². The summed E-state index contributed by atoms with van der Waals surface area (Å²) in [4.78, 5) is 16.7. The maximum Gasteiger partial charge on any atom is 0.243 e. The SMILES string of the molecule is CCCCCCNC(N)=NCC(=O)N(C)C. The summed E-state index contributed by atoms with van der Waals surface area (Å²) in [7, 11) is 3.40. The van der Waals surface area contributed by atoms with E-state index in [2.05, 4.69) is 17.2 Å². The lowest BCUT2D eigenvalue weighted by Crippen LogP contribution is -2.34. The van der Waals surface area contributed by atoms with E-state index >= 15 is 0 Å². The van der Waals surface area contributed by atoms with E-state index in [9.17, 15) is 4.79 Å². The van der Waals surface area contributed by atoms with Crippen LogP contribution in [0.4, 0.5) is 0 Å². The molecule has 0 aliphatic heterocycles. The summed E-state index contributed by atoms with van der Waals surface area (Å²) in [6, 6.07) is 0. The van der Waals surface area contributed by atoms with Gasteiger partial charge in [-0.15, -0.1) is 0 Å². The van der Waals surface area contributed by atoms with Gasteiger partial charge < -0.3 is 16.0 Å². The number of likely N-dealkylation sites (N-methyl/N-ethyl adjacent to an activating group) is 1. The zero-order valence-electron chi connectivity index (χ0n) is 10.6. The van der Waals surface area contributed by atoms with Crippen molar-refractivity contribution in [3.8, 4) is 0 Å². The number of unbranched alkanes of at least 4 members (excludes halogenated alkanes) is 3. The Morgan fingerprint density at radius 3 is 2.56 bits per heavy atom. The van der Waals surface area contributed by atoms with Crippen molar-refractivity contribution in [1.29, 1.82) is 0 Å². The molecule has 0 rings (SSSR count). The topological polar surface area (TPSA) is 70.7 Å². The highest BCUT2D eigenvalue weighted by atomic mass is 16.2. The summed E-state index contributed by atoms with van der Waals surface area (Å²) >= 11 is 0. The van der Waals surface area contributed by atoms with E-state index in [4.69, 9.17) is 5.73 Å². The molecule has 3 N–H and O–H groups in total. The van der Waals surface area contributed by atoms with Crippen LogP contribution in [-0.2, 0) is 4.79 Å². The second-order valence-corrected chi connectivity index (χ2v) is 3.98. The number of rotatable bonds is 7. The molecule has 0 bridgehead atoms. The molecule has 0 aromatic rings. The minimum absolute atomic E-state index is 0.0456. The van der Waals surface area contributed by atoms with Gasteiger partial charge in [-0.2, -0.15) is 0 Å². The number of hydrogen-bond acceptors (Lipinski definition) is 2. The van der Waals surface area contributed by atoms with Crippen molar-refractivity contribution >= 4 is 11.9 Å². The van der Waals surface area contributed by atoms with Crippen molar-refractivity contribution in [3.05, 3.63) is 0 Å². The van der Waals surface area contributed by atoms with Gasteiger partial charge in [-0.3, -0.25) is 4.79 Å². The number of aliphatic imine (C=N–C) groups is 1. The number of hydrogen-bond donors (Lipinski definition) is 2. The molecule has 16 heavy (non-hydrogen) atoms. The Balaban J connectivity index is 3.59. The van der Waals surface area contributed by atoms with Crippen molar-refractivity contribution in [1.82, 2.24) is 10.2 Å². The average Bonchev–Trinajstić information content (AvgIpc) is 2.25. The molecule has 0 unspecified atom stereocenters. The van der Waals surface area contributed by atoms with Gasteiger partial charge in [-0.05, 0) is 6.42 Å². The Kier molecular flexibility index (Phi) is 8.29. The summed E-state index contributed by atoms with van der Waals surface area (Å²) in [5, 5.41) is 2.99. The molecule has 0 saturated heterocycles. The predicted octanol–water partition coefficient (Wildman–Crippen LogP) is 0.559. The third-order valence-electron chi connectivity index (χ3n) is 2.22. The maximum atomic E-state index is 11.2. The van der Waals surface area contributed by atoms with E-state index < -0.39 is 0 Å². The molecular weight excluding hydrogens is 204 g/mol. The molecule has 0 fully saturated rings. The van der Waals surface area contributed by atoms with Crippen LogP contribution in [0.3, 0.4) is 0 Å². The summed E-state index contributed by atoms with van der Waals surface area (Å²) in [6.07, 6.45) is 4.76. The van der Waals surface area contributed by atoms with Crippen LogP contribution in [0, 0.1) is 0 Å². The number of nitrogens with zero attached hydrogens (tertiary/aromatic N) is 2. The summed E-state index contributed by atoms with van der Waals surface area (Å²) in [6.45, 7) is 3.11. The van der Waals surface area contributed by atoms with Gasteiger partial charge in [0.15, 0.2) is 5.96 Å². The highest BCUT2D eigenvalue weighted by molar-refractivity contribution is 5.83. The van der Waals surface area contributed by atoms with E-state index in [1.807, 2.05) is 0 Å². The maximum absolute atomic E-state index is 11.2. The predicted molar refractivity (Wildman–Crippen MR) is 67.3 cm³/mol. The monoisotopic (exact) mass is 228 g/mol. The van der Waals surface area contributed by atoms with Gasteiger partial charge in [0.25, 0.3) is 0 Å². The van der Waals surface area contributed by atoms with Gasteiger partial charge in [0.2, 0.25) is 5.91 Å². The number of carbonyl (C=O) groups is 1. The van der Waals surface area contributed by atoms with Crippen molar-refractivity contribution in [2.75, 3.05) is 27.2 Å². The summed E-state index contributed by atoms with van der Waals surface area (Å²) in [5.74, 6) is 0.308. The van der Waals surface area contributed by atoms with E-state index in [0.29, 0.717) is 5.96 Å². The van der Waals surface area contributed by atoms with Crippen molar-refractivity contribution in [2.24, 2.45) is 10.7 Å². The Hall–Kier alpha value is -1.26. The van der Waals surface area contributed by atoms with Gasteiger partial charge in [0, 0.05) is 20.6 Å². The van der Waals surface area contributed by atoms with Crippen molar-refractivity contribution < 1.29 is 4.79 Å². The second-order valence-electron chi connectivity index (χ2n) is 3.98. The van der Waals surface area contributed by atoms with Crippen LogP contribution in [0.1, 0.15) is 32.6 Å². The van der Waals surface area contributed by atoms with E-state index in [-0.39, 0.29) is 12.5 Å². The molecular formula is C11H24N4O. The fourth-order valence-electron chi connectivity index (χ4n) is 1.12. The Bertz CT molecular complexity index is 226. The van der Waals surface area contributed by atoms with Crippen LogP contribution in [0.2, 0.25) is 0 Å². The zero-order chi connectivity index (χ0) is 12.4. The molecule has 0 heterocycles. The Morgan fingerprint density at radius 2 is 2.00 bits per heavy atom. The molecule has 0 spiro atoms. The molecule has 0 aromatic heterocycles. The molecule has 94 valence electrons. The normalized spacial score (nSPS) is 11.3. The van der Waals surface area contributed by atoms with Crippen LogP contribution >= 0.6 is 0 Å². The average molecular weight is 228 g/mol. The highest BCUT2D eigenvalue weighted by Crippen LogP contribution is 1.96. The number of nitrogens with two attached hydrogens (primary N) is 1. The lowest BCUT2D eigenvalue weighted by Gasteiger charge is -2.08. The lowest BCUT2D eigenvalue weighted by atomic mass is 10.2. The molecule has 0 radical (unpaired) electrons. The third-order valence-corrected chi connectivity index (χ3v) is 2.22. The molecule has 0 saturated carbocycles. The minimum Gasteiger partial charge on any atom is -0.370 e. The summed E-state index contributed by atoms with van der Waals surface area (Å²) in [5.41, 5.74) is 5.61. The second kappa shape index (κ2) is 9.00. The standard InChI is InChI=1S/C11H24N4O/c1-4-5-6-7-8-13-11(12)14-9-10(16)15(2)3/h4-9H2,1-3H3,(H3,12,13,14). The van der Waals surface area contributed by atoms with E-state index in [1.54, 1.807) is 14.1 Å². The van der Waals surface area contributed by atoms with E-state index in [1.165, 1.54) is 24.2 Å². The molecule has 0 aliphatic carbocycles. The lowest BCUT2D eigenvalue weighted by molar-refractivity contribution is -0.127. The molecule has 0 aromatic carbocycles.